The van der Waals surface area contributed by atoms with Crippen molar-refractivity contribution < 1.29 is 19.3 Å². The Morgan fingerprint density at radius 2 is 1.42 bits per heavy atom. The van der Waals surface area contributed by atoms with Crippen LogP contribution in [0.25, 0.3) is 6.08 Å². The molecular formula is C16H12N4O4. The summed E-state index contributed by atoms with van der Waals surface area (Å²) < 4.78 is 2.32. The van der Waals surface area contributed by atoms with Crippen molar-refractivity contribution in [3.05, 3.63) is 78.9 Å². The van der Waals surface area contributed by atoms with Gasteiger partial charge in [-0.15, -0.1) is 0 Å². The van der Waals surface area contributed by atoms with E-state index in [1.807, 2.05) is 0 Å². The van der Waals surface area contributed by atoms with Crippen molar-refractivity contribution in [2.75, 3.05) is 0 Å². The first-order valence-electron chi connectivity index (χ1n) is 6.84. The van der Waals surface area contributed by atoms with E-state index in [0.717, 1.165) is 9.46 Å². The quantitative estimate of drug-likeness (QED) is 0.702. The van der Waals surface area contributed by atoms with Crippen LogP contribution in [-0.4, -0.2) is 31.4 Å². The van der Waals surface area contributed by atoms with Crippen LogP contribution in [0.5, 0.6) is 0 Å². The molecule has 24 heavy (non-hydrogen) atoms. The second kappa shape index (κ2) is 6.61. The normalized spacial score (nSPS) is 10.2. The molecule has 0 aliphatic heterocycles. The summed E-state index contributed by atoms with van der Waals surface area (Å²) in [5, 5.41) is 0. The van der Waals surface area contributed by atoms with Gasteiger partial charge < -0.3 is 9.68 Å². The van der Waals surface area contributed by atoms with E-state index in [-0.39, 0.29) is 11.1 Å². The van der Waals surface area contributed by atoms with Gasteiger partial charge in [-0.05, 0) is 23.8 Å². The molecule has 0 aliphatic rings. The number of aromatic nitrogens is 4. The molecule has 3 rings (SSSR count). The van der Waals surface area contributed by atoms with Crippen LogP contribution in [0.15, 0.2) is 62.2 Å². The summed E-state index contributed by atoms with van der Waals surface area (Å²) in [5.41, 5.74) is 0.935. The van der Waals surface area contributed by atoms with Crippen molar-refractivity contribution in [3.8, 4) is 0 Å². The summed E-state index contributed by atoms with van der Waals surface area (Å²) >= 11 is 0. The standard InChI is InChI=1S/C16H12N4O4/c1-2-12-7-13(15(21)23-19-5-3-17-10-19)9-14(8-12)16(22)24-20-6-4-18-11-20/h2-11H,1H2. The lowest BCUT2D eigenvalue weighted by Gasteiger charge is -2.08. The smallest absolute Gasteiger partial charge is 0.330 e. The van der Waals surface area contributed by atoms with Gasteiger partial charge in [-0.2, -0.15) is 9.46 Å². The van der Waals surface area contributed by atoms with Crippen molar-refractivity contribution >= 4 is 18.0 Å². The molecule has 120 valence electrons. The third kappa shape index (κ3) is 3.38. The van der Waals surface area contributed by atoms with Crippen LogP contribution in [0.2, 0.25) is 0 Å². The molecule has 0 amide bonds. The Morgan fingerprint density at radius 3 is 1.79 bits per heavy atom. The van der Waals surface area contributed by atoms with Gasteiger partial charge in [0.15, 0.2) is 0 Å². The Labute approximate surface area is 136 Å². The highest BCUT2D eigenvalue weighted by molar-refractivity contribution is 5.96. The predicted molar refractivity (Wildman–Crippen MR) is 82.8 cm³/mol. The van der Waals surface area contributed by atoms with Gasteiger partial charge in [0.1, 0.15) is 12.7 Å². The number of hydrogen-bond donors (Lipinski definition) is 0. The zero-order valence-electron chi connectivity index (χ0n) is 12.4. The predicted octanol–water partition coefficient (Wildman–Crippen LogP) is 1.26. The minimum Gasteiger partial charge on any atom is -0.330 e. The number of carbonyl (C=O) groups excluding carboxylic acids is 2. The molecule has 0 radical (unpaired) electrons. The van der Waals surface area contributed by atoms with Crippen molar-refractivity contribution in [2.45, 2.75) is 0 Å². The molecule has 0 bridgehead atoms. The van der Waals surface area contributed by atoms with E-state index in [4.69, 9.17) is 9.68 Å². The second-order valence-corrected chi connectivity index (χ2v) is 4.65. The van der Waals surface area contributed by atoms with Crippen molar-refractivity contribution in [3.63, 3.8) is 0 Å². The van der Waals surface area contributed by atoms with Gasteiger partial charge >= 0.3 is 11.9 Å². The van der Waals surface area contributed by atoms with Crippen molar-refractivity contribution in [1.82, 2.24) is 19.4 Å². The van der Waals surface area contributed by atoms with Gasteiger partial charge in [0.05, 0.1) is 23.5 Å². The Hall–Kier alpha value is -3.68. The number of rotatable bonds is 5. The number of hydrogen-bond acceptors (Lipinski definition) is 6. The first-order chi connectivity index (χ1) is 11.7. The van der Waals surface area contributed by atoms with Gasteiger partial charge in [0.25, 0.3) is 0 Å². The van der Waals surface area contributed by atoms with Crippen LogP contribution in [0.3, 0.4) is 0 Å². The molecule has 1 aromatic carbocycles. The largest absolute Gasteiger partial charge is 0.363 e. The van der Waals surface area contributed by atoms with Crippen LogP contribution >= 0.6 is 0 Å². The molecule has 3 aromatic rings. The highest BCUT2D eigenvalue weighted by Crippen LogP contribution is 2.13. The van der Waals surface area contributed by atoms with E-state index in [9.17, 15) is 9.59 Å². The van der Waals surface area contributed by atoms with Crippen LogP contribution < -0.4 is 9.68 Å². The lowest BCUT2D eigenvalue weighted by molar-refractivity contribution is 0.0458. The zero-order chi connectivity index (χ0) is 16.9. The van der Waals surface area contributed by atoms with E-state index in [1.54, 1.807) is 12.1 Å². The SMILES string of the molecule is C=Cc1cc(C(=O)On2ccnc2)cc(C(=O)On2ccnc2)c1. The Morgan fingerprint density at radius 1 is 0.917 bits per heavy atom. The second-order valence-electron chi connectivity index (χ2n) is 4.65. The summed E-state index contributed by atoms with van der Waals surface area (Å²) in [6.45, 7) is 3.65. The summed E-state index contributed by atoms with van der Waals surface area (Å²) in [6, 6.07) is 4.49. The molecule has 0 atom stereocenters. The molecule has 0 unspecified atom stereocenters. The fraction of sp³-hybridized carbons (Fsp3) is 0. The van der Waals surface area contributed by atoms with E-state index in [2.05, 4.69) is 16.5 Å². The summed E-state index contributed by atoms with van der Waals surface area (Å²) in [7, 11) is 0. The lowest BCUT2D eigenvalue weighted by Crippen LogP contribution is -2.21. The van der Waals surface area contributed by atoms with E-state index in [1.165, 1.54) is 49.6 Å². The molecule has 2 aromatic heterocycles. The molecule has 2 heterocycles. The fourth-order valence-corrected chi connectivity index (χ4v) is 1.90. The Balaban J connectivity index is 1.86. The third-order valence-corrected chi connectivity index (χ3v) is 3.00. The molecule has 0 saturated heterocycles. The van der Waals surface area contributed by atoms with Gasteiger partial charge in [-0.1, -0.05) is 12.7 Å². The fourth-order valence-electron chi connectivity index (χ4n) is 1.90. The van der Waals surface area contributed by atoms with Crippen molar-refractivity contribution in [2.24, 2.45) is 0 Å². The highest BCUT2D eigenvalue weighted by atomic mass is 16.7. The highest BCUT2D eigenvalue weighted by Gasteiger charge is 2.16. The molecule has 0 fully saturated rings. The Kier molecular flexibility index (Phi) is 4.19. The van der Waals surface area contributed by atoms with Crippen molar-refractivity contribution in [1.29, 1.82) is 0 Å². The molecule has 8 heteroatoms. The van der Waals surface area contributed by atoms with Crippen LogP contribution in [0.1, 0.15) is 26.3 Å². The maximum atomic E-state index is 12.2. The number of carbonyl (C=O) groups is 2. The first kappa shape index (κ1) is 15.2. The molecule has 0 spiro atoms. The first-order valence-corrected chi connectivity index (χ1v) is 6.84. The number of imidazole rings is 2. The molecular weight excluding hydrogens is 312 g/mol. The molecule has 8 nitrogen and oxygen atoms in total. The maximum Gasteiger partial charge on any atom is 0.363 e. The van der Waals surface area contributed by atoms with Gasteiger partial charge in [0, 0.05) is 12.4 Å². The van der Waals surface area contributed by atoms with Crippen LogP contribution in [-0.2, 0) is 0 Å². The average Bonchev–Trinajstić information content (AvgIpc) is 3.28. The minimum absolute atomic E-state index is 0.179. The maximum absolute atomic E-state index is 12.2. The van der Waals surface area contributed by atoms with E-state index in [0.29, 0.717) is 5.56 Å². The molecule has 0 N–H and O–H groups in total. The van der Waals surface area contributed by atoms with E-state index < -0.39 is 11.9 Å². The topological polar surface area (TPSA) is 88.2 Å². The van der Waals surface area contributed by atoms with Gasteiger partial charge in [-0.25, -0.2) is 19.6 Å². The summed E-state index contributed by atoms with van der Waals surface area (Å²) in [5.74, 6) is -1.29. The van der Waals surface area contributed by atoms with Crippen LogP contribution in [0.4, 0.5) is 0 Å². The third-order valence-electron chi connectivity index (χ3n) is 3.00. The minimum atomic E-state index is -0.645. The number of benzene rings is 1. The summed E-state index contributed by atoms with van der Waals surface area (Å²) in [4.78, 5) is 42.1. The molecule has 0 saturated carbocycles. The van der Waals surface area contributed by atoms with Gasteiger partial charge in [0.2, 0.25) is 0 Å². The molecule has 0 aliphatic carbocycles. The zero-order valence-corrected chi connectivity index (χ0v) is 12.4. The lowest BCUT2D eigenvalue weighted by atomic mass is 10.1. The van der Waals surface area contributed by atoms with Crippen LogP contribution in [0, 0.1) is 0 Å². The number of nitrogens with zero attached hydrogens (tertiary/aromatic N) is 4. The monoisotopic (exact) mass is 324 g/mol. The average molecular weight is 324 g/mol. The summed E-state index contributed by atoms with van der Waals surface area (Å²) in [6.07, 6.45) is 10.1. The van der Waals surface area contributed by atoms with E-state index >= 15 is 0 Å². The van der Waals surface area contributed by atoms with Gasteiger partial charge in [-0.3, -0.25) is 0 Å². The Bertz CT molecular complexity index is 803.